The molecule has 0 fully saturated rings. The van der Waals surface area contributed by atoms with Gasteiger partial charge < -0.3 is 15.3 Å². The Bertz CT molecular complexity index is 1430. The normalized spacial score (nSPS) is 9.38. The summed E-state index contributed by atoms with van der Waals surface area (Å²) >= 11 is 0. The molecule has 0 spiro atoms. The molecule has 0 amide bonds. The summed E-state index contributed by atoms with van der Waals surface area (Å²) in [6.45, 7) is 15.5. The van der Waals surface area contributed by atoms with E-state index in [4.69, 9.17) is 6.58 Å². The maximum Gasteiger partial charge on any atom is 4.00 e. The Morgan fingerprint density at radius 2 is 0.745 bits per heavy atom. The van der Waals surface area contributed by atoms with Crippen molar-refractivity contribution in [3.8, 4) is 17.2 Å². The first kappa shape index (κ1) is 42.2. The topological polar surface area (TPSA) is 69.2 Å². The molecule has 4 heteroatoms. The van der Waals surface area contributed by atoms with Gasteiger partial charge in [-0.1, -0.05) is 196 Å². The van der Waals surface area contributed by atoms with Gasteiger partial charge in [-0.05, 0) is 25.0 Å². The summed E-state index contributed by atoms with van der Waals surface area (Å²) in [5, 5.41) is 30.8. The minimum Gasteiger partial charge on any atom is -0.872 e. The van der Waals surface area contributed by atoms with Gasteiger partial charge in [0.05, 0.1) is 0 Å². The number of para-hydroxylation sites is 3. The first-order valence-corrected chi connectivity index (χ1v) is 14.9. The predicted octanol–water partition coefficient (Wildman–Crippen LogP) is 9.64. The molecular formula is C43H44O3Ti. The van der Waals surface area contributed by atoms with Crippen molar-refractivity contribution in [1.29, 1.82) is 0 Å². The molecule has 0 saturated heterocycles. The fourth-order valence-electron chi connectivity index (χ4n) is 3.41. The van der Waals surface area contributed by atoms with Crippen LogP contribution in [-0.4, -0.2) is 0 Å². The Morgan fingerprint density at radius 1 is 0.468 bits per heavy atom. The molecule has 0 aromatic heterocycles. The van der Waals surface area contributed by atoms with E-state index in [1.54, 1.807) is 36.4 Å². The molecule has 47 heavy (non-hydrogen) atoms. The molecule has 0 unspecified atom stereocenters. The number of aryl methyl sites for hydroxylation is 2. The third-order valence-electron chi connectivity index (χ3n) is 5.59. The molecule has 5 aromatic carbocycles. The molecule has 5 aromatic rings. The third kappa shape index (κ3) is 25.1. The number of benzene rings is 5. The maximum atomic E-state index is 10.3. The van der Waals surface area contributed by atoms with Gasteiger partial charge in [-0.15, -0.1) is 17.2 Å². The van der Waals surface area contributed by atoms with E-state index in [0.717, 1.165) is 5.57 Å². The van der Waals surface area contributed by atoms with Crippen LogP contribution in [0.15, 0.2) is 169 Å². The average molecular weight is 657 g/mol. The quantitative estimate of drug-likeness (QED) is 0.110. The molecule has 0 saturated carbocycles. The molecule has 5 rings (SSSR count). The van der Waals surface area contributed by atoms with E-state index in [-0.39, 0.29) is 39.0 Å². The SMILES string of the molecule is Cc1ccc(C=CC=Cc2ccc(C)cc2)cc1.[CH-]=C(C)C=C(C)C.[O-]c1ccccc1.[O-]c1ccccc1.[O-]c1ccccc1.[Ti+4]. The average Bonchev–Trinajstić information content (AvgIpc) is 3.03. The van der Waals surface area contributed by atoms with Gasteiger partial charge in [0.25, 0.3) is 0 Å². The van der Waals surface area contributed by atoms with Gasteiger partial charge in [0.15, 0.2) is 0 Å². The van der Waals surface area contributed by atoms with Crippen molar-refractivity contribution in [3.05, 3.63) is 198 Å². The summed E-state index contributed by atoms with van der Waals surface area (Å²) in [6.07, 6.45) is 10.3. The number of hydrogen-bond acceptors (Lipinski definition) is 3. The maximum absolute atomic E-state index is 10.3. The Balaban J connectivity index is 0.000000612. The van der Waals surface area contributed by atoms with Crippen molar-refractivity contribution in [1.82, 2.24) is 0 Å². The summed E-state index contributed by atoms with van der Waals surface area (Å²) < 4.78 is 0. The third-order valence-corrected chi connectivity index (χ3v) is 5.59. The van der Waals surface area contributed by atoms with E-state index in [1.165, 1.54) is 64.2 Å². The standard InChI is InChI=1S/C18H18.C7H11.3C6H6O.Ti/c1-15-7-11-17(12-8-15)5-3-4-6-18-13-9-16(2)10-14-18;1-6(2)5-7(3)4;3*7-6-4-2-1-3-5-6;/h3-14H,1-2H3;1,5H,2-4H3;3*1-5,7H;/q;-1;;;;+4/p-3. The van der Waals surface area contributed by atoms with Gasteiger partial charge in [-0.3, -0.25) is 6.58 Å². The summed E-state index contributed by atoms with van der Waals surface area (Å²) in [7, 11) is 0. The summed E-state index contributed by atoms with van der Waals surface area (Å²) in [4.78, 5) is 0. The van der Waals surface area contributed by atoms with Gasteiger partial charge >= 0.3 is 21.7 Å². The van der Waals surface area contributed by atoms with Crippen molar-refractivity contribution in [3.63, 3.8) is 0 Å². The van der Waals surface area contributed by atoms with E-state index in [9.17, 15) is 15.3 Å². The molecule has 3 nitrogen and oxygen atoms in total. The van der Waals surface area contributed by atoms with E-state index in [1.807, 2.05) is 45.0 Å². The zero-order valence-electron chi connectivity index (χ0n) is 28.0. The zero-order valence-corrected chi connectivity index (χ0v) is 29.5. The minimum absolute atomic E-state index is 0. The Labute approximate surface area is 297 Å². The smallest absolute Gasteiger partial charge is 0.872 e. The number of allylic oxidation sites excluding steroid dienone is 5. The van der Waals surface area contributed by atoms with Crippen LogP contribution < -0.4 is 15.3 Å². The summed E-state index contributed by atoms with van der Waals surface area (Å²) in [5.41, 5.74) is 7.17. The van der Waals surface area contributed by atoms with E-state index in [2.05, 4.69) is 86.7 Å². The summed E-state index contributed by atoms with van der Waals surface area (Å²) in [6, 6.07) is 42.0. The number of hydrogen-bond donors (Lipinski definition) is 0. The molecule has 0 radical (unpaired) electrons. The van der Waals surface area contributed by atoms with Crippen LogP contribution in [0.1, 0.15) is 43.0 Å². The van der Waals surface area contributed by atoms with Crippen LogP contribution in [0.3, 0.4) is 0 Å². The Hall–Kier alpha value is -4.83. The van der Waals surface area contributed by atoms with Crippen LogP contribution in [0, 0.1) is 20.4 Å². The molecular weight excluding hydrogens is 612 g/mol. The van der Waals surface area contributed by atoms with Crippen molar-refractivity contribution in [2.45, 2.75) is 34.6 Å². The molecule has 0 bridgehead atoms. The molecule has 0 aliphatic carbocycles. The van der Waals surface area contributed by atoms with Crippen LogP contribution in [0.2, 0.25) is 0 Å². The van der Waals surface area contributed by atoms with Crippen LogP contribution in [0.25, 0.3) is 12.2 Å². The zero-order chi connectivity index (χ0) is 34.0. The number of rotatable bonds is 4. The van der Waals surface area contributed by atoms with E-state index in [0.29, 0.717) is 0 Å². The Morgan fingerprint density at radius 3 is 0.915 bits per heavy atom. The van der Waals surface area contributed by atoms with Crippen LogP contribution in [-0.2, 0) is 21.7 Å². The summed E-state index contributed by atoms with van der Waals surface area (Å²) in [5.74, 6) is 0.215. The first-order chi connectivity index (χ1) is 22.0. The predicted molar refractivity (Wildman–Crippen MR) is 191 cm³/mol. The molecule has 0 aliphatic rings. The Kier molecular flexibility index (Phi) is 23.7. The molecule has 0 atom stereocenters. The van der Waals surface area contributed by atoms with Crippen LogP contribution in [0.4, 0.5) is 0 Å². The fourth-order valence-corrected chi connectivity index (χ4v) is 3.41. The monoisotopic (exact) mass is 656 g/mol. The van der Waals surface area contributed by atoms with Gasteiger partial charge in [-0.2, -0.15) is 5.57 Å². The second-order valence-corrected chi connectivity index (χ2v) is 10.4. The van der Waals surface area contributed by atoms with Crippen molar-refractivity contribution < 1.29 is 37.0 Å². The van der Waals surface area contributed by atoms with Gasteiger partial charge in [0, 0.05) is 0 Å². The fraction of sp³-hybridized carbons (Fsp3) is 0.116. The van der Waals surface area contributed by atoms with Gasteiger partial charge in [0.1, 0.15) is 0 Å². The van der Waals surface area contributed by atoms with Crippen molar-refractivity contribution in [2.75, 3.05) is 0 Å². The second kappa shape index (κ2) is 26.4. The van der Waals surface area contributed by atoms with Crippen molar-refractivity contribution >= 4 is 12.2 Å². The van der Waals surface area contributed by atoms with E-state index >= 15 is 0 Å². The second-order valence-electron chi connectivity index (χ2n) is 10.4. The van der Waals surface area contributed by atoms with Crippen LogP contribution >= 0.6 is 0 Å². The largest absolute Gasteiger partial charge is 4.00 e. The molecule has 0 N–H and O–H groups in total. The molecule has 0 aliphatic heterocycles. The van der Waals surface area contributed by atoms with Crippen molar-refractivity contribution in [2.24, 2.45) is 0 Å². The minimum atomic E-state index is 0. The van der Waals surface area contributed by atoms with Crippen LogP contribution in [0.5, 0.6) is 17.2 Å². The van der Waals surface area contributed by atoms with Gasteiger partial charge in [-0.25, -0.2) is 11.6 Å². The van der Waals surface area contributed by atoms with Gasteiger partial charge in [0.2, 0.25) is 0 Å². The van der Waals surface area contributed by atoms with E-state index < -0.39 is 0 Å². The molecule has 238 valence electrons. The first-order valence-electron chi connectivity index (χ1n) is 14.9. The molecule has 0 heterocycles.